The molecular formula is C19H28ClN5O. The number of nitrogens with two attached hydrogens (primary N) is 1. The lowest BCUT2D eigenvalue weighted by molar-refractivity contribution is -0.132. The Kier molecular flexibility index (Phi) is 6.78. The number of rotatable bonds is 4. The van der Waals surface area contributed by atoms with E-state index in [1.165, 1.54) is 11.1 Å². The van der Waals surface area contributed by atoms with Crippen LogP contribution < -0.4 is 5.73 Å². The molecule has 0 unspecified atom stereocenters. The molecule has 7 heteroatoms. The molecule has 1 aliphatic rings. The zero-order chi connectivity index (χ0) is 18.0. The average molecular weight is 378 g/mol. The molecule has 2 N–H and O–H groups in total. The van der Waals surface area contributed by atoms with E-state index in [9.17, 15) is 4.79 Å². The highest BCUT2D eigenvalue weighted by molar-refractivity contribution is 5.85. The topological polar surface area (TPSA) is 77.0 Å². The van der Waals surface area contributed by atoms with E-state index in [1.807, 2.05) is 31.7 Å². The summed E-state index contributed by atoms with van der Waals surface area (Å²) in [4.78, 5) is 19.2. The molecule has 0 radical (unpaired) electrons. The van der Waals surface area contributed by atoms with Gasteiger partial charge >= 0.3 is 0 Å². The van der Waals surface area contributed by atoms with Crippen molar-refractivity contribution in [2.75, 3.05) is 6.54 Å². The van der Waals surface area contributed by atoms with Gasteiger partial charge in [0, 0.05) is 13.1 Å². The highest BCUT2D eigenvalue weighted by Gasteiger charge is 2.23. The number of carbonyl (C=O) groups excluding carboxylic acids is 1. The zero-order valence-corrected chi connectivity index (χ0v) is 16.5. The van der Waals surface area contributed by atoms with Crippen LogP contribution in [0.5, 0.6) is 0 Å². The second kappa shape index (κ2) is 8.64. The Hall–Kier alpha value is -1.92. The monoisotopic (exact) mass is 377 g/mol. The summed E-state index contributed by atoms with van der Waals surface area (Å²) < 4.78 is 1.68. The molecule has 1 aromatic heterocycles. The summed E-state index contributed by atoms with van der Waals surface area (Å²) in [7, 11) is 0. The molecule has 0 aliphatic carbocycles. The summed E-state index contributed by atoms with van der Waals surface area (Å²) >= 11 is 0. The van der Waals surface area contributed by atoms with Crippen LogP contribution in [0.2, 0.25) is 0 Å². The van der Waals surface area contributed by atoms with Gasteiger partial charge in [-0.2, -0.15) is 5.10 Å². The molecule has 1 atom stereocenters. The summed E-state index contributed by atoms with van der Waals surface area (Å²) in [6.07, 6.45) is 2.00. The van der Waals surface area contributed by atoms with E-state index < -0.39 is 0 Å². The normalized spacial score (nSPS) is 15.2. The van der Waals surface area contributed by atoms with Crippen molar-refractivity contribution in [2.24, 2.45) is 11.7 Å². The van der Waals surface area contributed by atoms with Gasteiger partial charge in [0.05, 0.1) is 6.04 Å². The fraction of sp³-hybridized carbons (Fsp3) is 0.526. The Morgan fingerprint density at radius 3 is 2.65 bits per heavy atom. The molecule has 0 spiro atoms. The van der Waals surface area contributed by atoms with Gasteiger partial charge in [0.25, 0.3) is 0 Å². The molecule has 2 aromatic rings. The molecular weight excluding hydrogens is 350 g/mol. The first-order chi connectivity index (χ1) is 12.0. The maximum atomic E-state index is 12.9. The highest BCUT2D eigenvalue weighted by Crippen LogP contribution is 2.20. The van der Waals surface area contributed by atoms with Crippen LogP contribution in [0.3, 0.4) is 0 Å². The van der Waals surface area contributed by atoms with Crippen molar-refractivity contribution < 1.29 is 4.79 Å². The van der Waals surface area contributed by atoms with Gasteiger partial charge in [-0.1, -0.05) is 38.1 Å². The zero-order valence-electron chi connectivity index (χ0n) is 15.7. The van der Waals surface area contributed by atoms with Crippen molar-refractivity contribution >= 4 is 18.3 Å². The number of carbonyl (C=O) groups is 1. The van der Waals surface area contributed by atoms with Crippen LogP contribution in [0.1, 0.15) is 49.1 Å². The Balaban J connectivity index is 0.00000243. The van der Waals surface area contributed by atoms with Crippen LogP contribution in [0.15, 0.2) is 24.3 Å². The molecule has 0 bridgehead atoms. The van der Waals surface area contributed by atoms with Crippen molar-refractivity contribution in [1.82, 2.24) is 19.7 Å². The average Bonchev–Trinajstić information content (AvgIpc) is 2.81. The van der Waals surface area contributed by atoms with Gasteiger partial charge in [0.15, 0.2) is 0 Å². The summed E-state index contributed by atoms with van der Waals surface area (Å²) in [6.45, 7) is 7.55. The van der Waals surface area contributed by atoms with Crippen LogP contribution in [-0.4, -0.2) is 32.1 Å². The fourth-order valence-corrected chi connectivity index (χ4v) is 3.27. The molecule has 0 fully saturated rings. The predicted octanol–water partition coefficient (Wildman–Crippen LogP) is 2.64. The molecule has 1 aromatic carbocycles. The maximum absolute atomic E-state index is 12.9. The molecule has 1 aliphatic heterocycles. The Bertz CT molecular complexity index is 758. The molecule has 1 amide bonds. The van der Waals surface area contributed by atoms with E-state index in [0.29, 0.717) is 18.2 Å². The summed E-state index contributed by atoms with van der Waals surface area (Å²) in [6, 6.07) is 8.14. The number of aromatic nitrogens is 3. The first-order valence-corrected chi connectivity index (χ1v) is 8.97. The van der Waals surface area contributed by atoms with Crippen LogP contribution in [0, 0.1) is 12.8 Å². The van der Waals surface area contributed by atoms with Gasteiger partial charge in [-0.05, 0) is 36.8 Å². The maximum Gasteiger partial charge on any atom is 0.244 e. The van der Waals surface area contributed by atoms with Crippen LogP contribution in [-0.2, 0) is 24.3 Å². The van der Waals surface area contributed by atoms with E-state index in [4.69, 9.17) is 5.73 Å². The van der Waals surface area contributed by atoms with Gasteiger partial charge in [-0.15, -0.1) is 12.4 Å². The number of hydrogen-bond acceptors (Lipinski definition) is 4. The minimum absolute atomic E-state index is 0. The van der Waals surface area contributed by atoms with Crippen molar-refractivity contribution in [3.05, 3.63) is 47.0 Å². The number of aryl methyl sites for hydroxylation is 2. The number of nitrogens with zero attached hydrogens (tertiary/aromatic N) is 4. The second-order valence-corrected chi connectivity index (χ2v) is 7.13. The standard InChI is InChI=1S/C19H27N5O.ClH/c1-13(2)18(20)19-21-14(3)22-24(19)12-17(25)23-10-6-9-15-7-4-5-8-16(15)11-23;/h4-5,7-8,13,18H,6,9-12,20H2,1-3H3;1H/t18-;/m0./s1. The van der Waals surface area contributed by atoms with Crippen LogP contribution >= 0.6 is 12.4 Å². The summed E-state index contributed by atoms with van der Waals surface area (Å²) in [5, 5.41) is 4.39. The quantitative estimate of drug-likeness (QED) is 0.888. The largest absolute Gasteiger partial charge is 0.337 e. The van der Waals surface area contributed by atoms with E-state index >= 15 is 0 Å². The molecule has 142 valence electrons. The van der Waals surface area contributed by atoms with Crippen LogP contribution in [0.4, 0.5) is 0 Å². The molecule has 6 nitrogen and oxygen atoms in total. The van der Waals surface area contributed by atoms with Gasteiger partial charge in [0.1, 0.15) is 18.2 Å². The smallest absolute Gasteiger partial charge is 0.244 e. The summed E-state index contributed by atoms with van der Waals surface area (Å²) in [5.41, 5.74) is 8.83. The number of benzene rings is 1. The van der Waals surface area contributed by atoms with Crippen molar-refractivity contribution in [1.29, 1.82) is 0 Å². The third kappa shape index (κ3) is 4.43. The summed E-state index contributed by atoms with van der Waals surface area (Å²) in [5.74, 6) is 1.65. The SMILES string of the molecule is Cc1nc([C@@H](N)C(C)C)n(CC(=O)N2CCCc3ccccc3C2)n1.Cl. The van der Waals surface area contributed by atoms with Crippen LogP contribution in [0.25, 0.3) is 0 Å². The first kappa shape index (κ1) is 20.4. The fourth-order valence-electron chi connectivity index (χ4n) is 3.27. The number of hydrogen-bond donors (Lipinski definition) is 1. The van der Waals surface area contributed by atoms with Gasteiger partial charge in [0.2, 0.25) is 5.91 Å². The highest BCUT2D eigenvalue weighted by atomic mass is 35.5. The second-order valence-electron chi connectivity index (χ2n) is 7.13. The molecule has 0 saturated carbocycles. The van der Waals surface area contributed by atoms with Crippen molar-refractivity contribution in [3.63, 3.8) is 0 Å². The minimum Gasteiger partial charge on any atom is -0.337 e. The predicted molar refractivity (Wildman–Crippen MR) is 104 cm³/mol. The molecule has 2 heterocycles. The van der Waals surface area contributed by atoms with E-state index in [0.717, 1.165) is 19.4 Å². The van der Waals surface area contributed by atoms with Gasteiger partial charge in [-0.25, -0.2) is 9.67 Å². The van der Waals surface area contributed by atoms with E-state index in [2.05, 4.69) is 28.3 Å². The van der Waals surface area contributed by atoms with E-state index in [1.54, 1.807) is 4.68 Å². The van der Waals surface area contributed by atoms with Crippen molar-refractivity contribution in [2.45, 2.75) is 52.7 Å². The third-order valence-corrected chi connectivity index (χ3v) is 4.81. The van der Waals surface area contributed by atoms with E-state index in [-0.39, 0.29) is 36.8 Å². The minimum atomic E-state index is -0.223. The van der Waals surface area contributed by atoms with Crippen molar-refractivity contribution in [3.8, 4) is 0 Å². The number of amides is 1. The third-order valence-electron chi connectivity index (χ3n) is 4.81. The Morgan fingerprint density at radius 2 is 1.96 bits per heavy atom. The molecule has 3 rings (SSSR count). The molecule has 26 heavy (non-hydrogen) atoms. The Labute approximate surface area is 161 Å². The molecule has 0 saturated heterocycles. The van der Waals surface area contributed by atoms with Gasteiger partial charge in [-0.3, -0.25) is 4.79 Å². The Morgan fingerprint density at radius 1 is 1.27 bits per heavy atom. The first-order valence-electron chi connectivity index (χ1n) is 8.97. The lowest BCUT2D eigenvalue weighted by Crippen LogP contribution is -2.35. The lowest BCUT2D eigenvalue weighted by Gasteiger charge is -2.22. The number of fused-ring (bicyclic) bond motifs is 1. The number of halogens is 1. The van der Waals surface area contributed by atoms with Gasteiger partial charge < -0.3 is 10.6 Å². The lowest BCUT2D eigenvalue weighted by atomic mass is 10.0.